The molecule has 0 aliphatic heterocycles. The van der Waals surface area contributed by atoms with E-state index in [0.717, 1.165) is 19.3 Å². The Bertz CT molecular complexity index is 237. The summed E-state index contributed by atoms with van der Waals surface area (Å²) in [5.41, 5.74) is 0.216. The fraction of sp³-hybridized carbons (Fsp3) is 0.923. The first-order valence-corrected chi connectivity index (χ1v) is 6.36. The average molecular weight is 210 g/mol. The van der Waals surface area contributed by atoms with Crippen molar-refractivity contribution in [1.82, 2.24) is 0 Å². The highest BCUT2D eigenvalue weighted by Crippen LogP contribution is 2.75. The summed E-state index contributed by atoms with van der Waals surface area (Å²) < 4.78 is 0. The summed E-state index contributed by atoms with van der Waals surface area (Å²) in [7, 11) is 0. The molecule has 2 bridgehead atoms. The van der Waals surface area contributed by atoms with Crippen LogP contribution in [0.5, 0.6) is 0 Å². The highest BCUT2D eigenvalue weighted by atomic mass is 16.4. The van der Waals surface area contributed by atoms with Crippen molar-refractivity contribution in [2.45, 2.75) is 64.7 Å². The van der Waals surface area contributed by atoms with Crippen LogP contribution in [0, 0.1) is 10.8 Å². The van der Waals surface area contributed by atoms with E-state index in [2.05, 4.69) is 6.92 Å². The van der Waals surface area contributed by atoms with E-state index in [1.165, 1.54) is 38.5 Å². The van der Waals surface area contributed by atoms with Crippen LogP contribution in [-0.2, 0) is 4.79 Å². The van der Waals surface area contributed by atoms with Gasteiger partial charge in [-0.05, 0) is 31.1 Å². The summed E-state index contributed by atoms with van der Waals surface area (Å²) in [5.74, 6) is -0.546. The number of aliphatic carboxylic acids is 1. The highest BCUT2D eigenvalue weighted by Gasteiger charge is 2.70. The number of carboxylic acid groups (broad SMARTS) is 1. The molecule has 0 aromatic rings. The van der Waals surface area contributed by atoms with Crippen LogP contribution in [0.15, 0.2) is 0 Å². The second kappa shape index (κ2) is 3.80. The van der Waals surface area contributed by atoms with E-state index in [-0.39, 0.29) is 5.41 Å². The molecule has 0 heterocycles. The van der Waals surface area contributed by atoms with Gasteiger partial charge in [0.05, 0.1) is 5.41 Å². The summed E-state index contributed by atoms with van der Waals surface area (Å²) in [5, 5.41) is 8.99. The Labute approximate surface area is 92.1 Å². The van der Waals surface area contributed by atoms with Gasteiger partial charge in [0, 0.05) is 0 Å². The number of rotatable bonds is 7. The maximum Gasteiger partial charge on any atom is 0.309 e. The minimum Gasteiger partial charge on any atom is -0.481 e. The third-order valence-corrected chi connectivity index (χ3v) is 4.40. The molecule has 1 N–H and O–H groups in total. The van der Waals surface area contributed by atoms with Gasteiger partial charge in [0.15, 0.2) is 0 Å². The molecule has 0 unspecified atom stereocenters. The van der Waals surface area contributed by atoms with E-state index < -0.39 is 5.97 Å². The lowest BCUT2D eigenvalue weighted by molar-refractivity contribution is -0.225. The molecule has 3 rings (SSSR count). The van der Waals surface area contributed by atoms with E-state index in [9.17, 15) is 4.79 Å². The Kier molecular flexibility index (Phi) is 2.78. The van der Waals surface area contributed by atoms with Crippen LogP contribution >= 0.6 is 0 Å². The topological polar surface area (TPSA) is 37.3 Å². The first-order chi connectivity index (χ1) is 7.13. The van der Waals surface area contributed by atoms with Crippen molar-refractivity contribution in [3.8, 4) is 0 Å². The monoisotopic (exact) mass is 210 g/mol. The predicted molar refractivity (Wildman–Crippen MR) is 59.7 cm³/mol. The molecule has 0 spiro atoms. The van der Waals surface area contributed by atoms with Crippen molar-refractivity contribution >= 4 is 5.97 Å². The molecule has 0 amide bonds. The van der Waals surface area contributed by atoms with Crippen molar-refractivity contribution < 1.29 is 9.90 Å². The normalized spacial score (nSPS) is 36.9. The lowest BCUT2D eigenvalue weighted by Crippen LogP contribution is -2.65. The quantitative estimate of drug-likeness (QED) is 0.652. The fourth-order valence-electron chi connectivity index (χ4n) is 3.59. The van der Waals surface area contributed by atoms with Crippen LogP contribution < -0.4 is 0 Å². The van der Waals surface area contributed by atoms with Crippen molar-refractivity contribution in [3.63, 3.8) is 0 Å². The molecule has 2 heteroatoms. The van der Waals surface area contributed by atoms with E-state index in [4.69, 9.17) is 5.11 Å². The van der Waals surface area contributed by atoms with Crippen LogP contribution in [-0.4, -0.2) is 11.1 Å². The number of hydrogen-bond acceptors (Lipinski definition) is 1. The molecule has 3 saturated carbocycles. The van der Waals surface area contributed by atoms with E-state index in [0.29, 0.717) is 5.41 Å². The van der Waals surface area contributed by atoms with Crippen LogP contribution in [0.25, 0.3) is 0 Å². The molecule has 86 valence electrons. The summed E-state index contributed by atoms with van der Waals surface area (Å²) in [6.45, 7) is 2.23. The molecule has 0 atom stereocenters. The van der Waals surface area contributed by atoms with Gasteiger partial charge in [0.1, 0.15) is 0 Å². The van der Waals surface area contributed by atoms with Gasteiger partial charge in [0.25, 0.3) is 0 Å². The van der Waals surface area contributed by atoms with Crippen LogP contribution in [0.1, 0.15) is 64.7 Å². The van der Waals surface area contributed by atoms with Crippen molar-refractivity contribution in [1.29, 1.82) is 0 Å². The average Bonchev–Trinajstić information content (AvgIpc) is 2.04. The smallest absolute Gasteiger partial charge is 0.309 e. The van der Waals surface area contributed by atoms with Gasteiger partial charge < -0.3 is 5.11 Å². The summed E-state index contributed by atoms with van der Waals surface area (Å²) in [6.07, 6.45) is 10.9. The third-order valence-electron chi connectivity index (χ3n) is 4.40. The van der Waals surface area contributed by atoms with Gasteiger partial charge in [-0.25, -0.2) is 0 Å². The van der Waals surface area contributed by atoms with Crippen molar-refractivity contribution in [2.24, 2.45) is 10.8 Å². The zero-order valence-corrected chi connectivity index (χ0v) is 9.72. The molecule has 0 aromatic heterocycles. The van der Waals surface area contributed by atoms with Crippen LogP contribution in [0.2, 0.25) is 0 Å². The maximum atomic E-state index is 10.9. The van der Waals surface area contributed by atoms with Gasteiger partial charge in [-0.3, -0.25) is 4.79 Å². The minimum atomic E-state index is -0.546. The summed E-state index contributed by atoms with van der Waals surface area (Å²) in [4.78, 5) is 10.9. The molecule has 3 fully saturated rings. The summed E-state index contributed by atoms with van der Waals surface area (Å²) >= 11 is 0. The maximum absolute atomic E-state index is 10.9. The molecular formula is C13H22O2. The Balaban J connectivity index is 1.59. The third kappa shape index (κ3) is 1.79. The predicted octanol–water partition coefficient (Wildman–Crippen LogP) is 3.60. The van der Waals surface area contributed by atoms with Gasteiger partial charge >= 0.3 is 5.97 Å². The van der Waals surface area contributed by atoms with E-state index in [1.807, 2.05) is 0 Å². The Morgan fingerprint density at radius 2 is 1.73 bits per heavy atom. The number of carbonyl (C=O) groups is 1. The van der Waals surface area contributed by atoms with Gasteiger partial charge in [-0.15, -0.1) is 0 Å². The molecule has 0 radical (unpaired) electrons. The Hall–Kier alpha value is -0.530. The van der Waals surface area contributed by atoms with Crippen LogP contribution in [0.3, 0.4) is 0 Å². The SMILES string of the molecule is CCCCCCCC12CC(C(=O)O)(C1)C2. The lowest BCUT2D eigenvalue weighted by Gasteiger charge is -2.68. The minimum absolute atomic E-state index is 0.260. The zero-order valence-electron chi connectivity index (χ0n) is 9.72. The lowest BCUT2D eigenvalue weighted by atomic mass is 9.34. The van der Waals surface area contributed by atoms with Gasteiger partial charge in [-0.2, -0.15) is 0 Å². The molecule has 3 aliphatic rings. The zero-order chi connectivity index (χ0) is 10.9. The number of carboxylic acids is 1. The molecule has 2 nitrogen and oxygen atoms in total. The first kappa shape index (κ1) is 11.0. The van der Waals surface area contributed by atoms with E-state index >= 15 is 0 Å². The largest absolute Gasteiger partial charge is 0.481 e. The molecular weight excluding hydrogens is 188 g/mol. The molecule has 0 saturated heterocycles. The standard InChI is InChI=1S/C13H22O2/c1-2-3-4-5-6-7-12-8-13(9-12,10-12)11(14)15/h2-10H2,1H3,(H,14,15). The molecule has 15 heavy (non-hydrogen) atoms. The number of unbranched alkanes of at least 4 members (excludes halogenated alkanes) is 4. The second-order valence-corrected chi connectivity index (χ2v) is 5.78. The Morgan fingerprint density at radius 1 is 1.13 bits per heavy atom. The second-order valence-electron chi connectivity index (χ2n) is 5.78. The van der Waals surface area contributed by atoms with Gasteiger partial charge in [-0.1, -0.05) is 39.0 Å². The van der Waals surface area contributed by atoms with Gasteiger partial charge in [0.2, 0.25) is 0 Å². The van der Waals surface area contributed by atoms with Crippen LogP contribution in [0.4, 0.5) is 0 Å². The molecule has 0 aromatic carbocycles. The van der Waals surface area contributed by atoms with E-state index in [1.54, 1.807) is 0 Å². The number of hydrogen-bond donors (Lipinski definition) is 1. The van der Waals surface area contributed by atoms with Crippen molar-refractivity contribution in [2.75, 3.05) is 0 Å². The molecule has 3 aliphatic carbocycles. The van der Waals surface area contributed by atoms with Crippen molar-refractivity contribution in [3.05, 3.63) is 0 Å². The summed E-state index contributed by atoms with van der Waals surface area (Å²) in [6, 6.07) is 0. The Morgan fingerprint density at radius 3 is 2.27 bits per heavy atom. The fourth-order valence-corrected chi connectivity index (χ4v) is 3.59. The highest BCUT2D eigenvalue weighted by molar-refractivity contribution is 5.79. The first-order valence-electron chi connectivity index (χ1n) is 6.36.